The third-order valence-corrected chi connectivity index (χ3v) is 3.05. The van der Waals surface area contributed by atoms with Crippen LogP contribution < -0.4 is 5.32 Å². The highest BCUT2D eigenvalue weighted by Gasteiger charge is 2.31. The van der Waals surface area contributed by atoms with E-state index in [9.17, 15) is 4.79 Å². The van der Waals surface area contributed by atoms with Crippen LogP contribution >= 0.6 is 0 Å². The Morgan fingerprint density at radius 2 is 2.18 bits per heavy atom. The van der Waals surface area contributed by atoms with Crippen LogP contribution in [-0.2, 0) is 11.2 Å². The van der Waals surface area contributed by atoms with Crippen molar-refractivity contribution in [1.82, 2.24) is 0 Å². The number of hydrogen-bond donors (Lipinski definition) is 1. The molecule has 1 rings (SSSR count). The van der Waals surface area contributed by atoms with Gasteiger partial charge in [0, 0.05) is 5.69 Å². The molecule has 0 aliphatic rings. The van der Waals surface area contributed by atoms with Crippen LogP contribution in [-0.4, -0.2) is 5.91 Å². The standard InChI is InChI=1S/C14H18N2O/c1-4-11-7-6-8-12(9-11)16-13(17)14(3,5-2)10-15/h6-9H,4-5H2,1-3H3,(H,16,17). The Balaban J connectivity index is 2.85. The molecule has 1 unspecified atom stereocenters. The summed E-state index contributed by atoms with van der Waals surface area (Å²) in [6.45, 7) is 5.56. The lowest BCUT2D eigenvalue weighted by Crippen LogP contribution is -2.31. The first-order chi connectivity index (χ1) is 8.05. The molecule has 1 aromatic rings. The molecule has 3 nitrogen and oxygen atoms in total. The summed E-state index contributed by atoms with van der Waals surface area (Å²) in [6, 6.07) is 9.76. The number of amides is 1. The zero-order valence-electron chi connectivity index (χ0n) is 10.6. The molecule has 0 fully saturated rings. The zero-order valence-corrected chi connectivity index (χ0v) is 10.6. The van der Waals surface area contributed by atoms with Crippen LogP contribution in [0.15, 0.2) is 24.3 Å². The largest absolute Gasteiger partial charge is 0.325 e. The minimum absolute atomic E-state index is 0.240. The Kier molecular flexibility index (Phi) is 4.28. The van der Waals surface area contributed by atoms with Gasteiger partial charge < -0.3 is 5.32 Å². The number of aryl methyl sites for hydroxylation is 1. The smallest absolute Gasteiger partial charge is 0.244 e. The summed E-state index contributed by atoms with van der Waals surface area (Å²) < 4.78 is 0. The summed E-state index contributed by atoms with van der Waals surface area (Å²) in [7, 11) is 0. The fourth-order valence-electron chi connectivity index (χ4n) is 1.43. The van der Waals surface area contributed by atoms with E-state index in [0.29, 0.717) is 6.42 Å². The number of benzene rings is 1. The van der Waals surface area contributed by atoms with E-state index in [1.165, 1.54) is 0 Å². The number of hydrogen-bond acceptors (Lipinski definition) is 2. The summed E-state index contributed by atoms with van der Waals surface area (Å²) >= 11 is 0. The van der Waals surface area contributed by atoms with Crippen molar-refractivity contribution >= 4 is 11.6 Å². The predicted molar refractivity (Wildman–Crippen MR) is 68.5 cm³/mol. The molecule has 90 valence electrons. The van der Waals surface area contributed by atoms with Gasteiger partial charge in [-0.2, -0.15) is 5.26 Å². The van der Waals surface area contributed by atoms with E-state index >= 15 is 0 Å². The number of nitrogens with zero attached hydrogens (tertiary/aromatic N) is 1. The predicted octanol–water partition coefficient (Wildman–Crippen LogP) is 3.13. The molecule has 0 heterocycles. The van der Waals surface area contributed by atoms with Crippen LogP contribution in [0.5, 0.6) is 0 Å². The van der Waals surface area contributed by atoms with Crippen molar-refractivity contribution in [3.05, 3.63) is 29.8 Å². The van der Waals surface area contributed by atoms with Crippen LogP contribution in [0.25, 0.3) is 0 Å². The SMILES string of the molecule is CCc1cccc(NC(=O)C(C)(C#N)CC)c1. The summed E-state index contributed by atoms with van der Waals surface area (Å²) in [6.07, 6.45) is 1.43. The number of nitrogens with one attached hydrogen (secondary N) is 1. The summed E-state index contributed by atoms with van der Waals surface area (Å²) in [5.74, 6) is -0.240. The van der Waals surface area contributed by atoms with Crippen LogP contribution in [0.1, 0.15) is 32.8 Å². The summed E-state index contributed by atoms with van der Waals surface area (Å²) in [5.41, 5.74) is 0.963. The third-order valence-electron chi connectivity index (χ3n) is 3.05. The molecule has 0 saturated carbocycles. The number of rotatable bonds is 4. The maximum Gasteiger partial charge on any atom is 0.244 e. The fourth-order valence-corrected chi connectivity index (χ4v) is 1.43. The minimum Gasteiger partial charge on any atom is -0.325 e. The molecule has 0 radical (unpaired) electrons. The Labute approximate surface area is 102 Å². The van der Waals surface area contributed by atoms with E-state index in [2.05, 4.69) is 18.3 Å². The quantitative estimate of drug-likeness (QED) is 0.864. The van der Waals surface area contributed by atoms with E-state index in [1.807, 2.05) is 31.2 Å². The molecule has 0 bridgehead atoms. The fraction of sp³-hybridized carbons (Fsp3) is 0.429. The normalized spacial score (nSPS) is 13.5. The molecule has 17 heavy (non-hydrogen) atoms. The Morgan fingerprint density at radius 3 is 2.71 bits per heavy atom. The molecule has 1 N–H and O–H groups in total. The number of carbonyl (C=O) groups is 1. The van der Waals surface area contributed by atoms with Crippen molar-refractivity contribution in [3.63, 3.8) is 0 Å². The zero-order chi connectivity index (χ0) is 12.9. The molecule has 1 amide bonds. The molecule has 0 aromatic heterocycles. The van der Waals surface area contributed by atoms with Gasteiger partial charge in [0.2, 0.25) is 5.91 Å². The molecule has 0 spiro atoms. The molecular formula is C14H18N2O. The molecule has 0 saturated heterocycles. The van der Waals surface area contributed by atoms with Gasteiger partial charge in [0.15, 0.2) is 0 Å². The van der Waals surface area contributed by atoms with Crippen molar-refractivity contribution in [2.45, 2.75) is 33.6 Å². The first-order valence-electron chi connectivity index (χ1n) is 5.87. The van der Waals surface area contributed by atoms with Crippen LogP contribution in [0, 0.1) is 16.7 Å². The van der Waals surface area contributed by atoms with E-state index in [0.717, 1.165) is 17.7 Å². The number of anilines is 1. The van der Waals surface area contributed by atoms with Gasteiger partial charge in [0.1, 0.15) is 5.41 Å². The van der Waals surface area contributed by atoms with Gasteiger partial charge in [0.05, 0.1) is 6.07 Å². The van der Waals surface area contributed by atoms with E-state index in [-0.39, 0.29) is 5.91 Å². The lowest BCUT2D eigenvalue weighted by Gasteiger charge is -2.18. The van der Waals surface area contributed by atoms with Gasteiger partial charge >= 0.3 is 0 Å². The van der Waals surface area contributed by atoms with Crippen molar-refractivity contribution < 1.29 is 4.79 Å². The molecule has 0 aliphatic carbocycles. The Morgan fingerprint density at radius 1 is 1.47 bits per heavy atom. The van der Waals surface area contributed by atoms with Crippen LogP contribution in [0.2, 0.25) is 0 Å². The lowest BCUT2D eigenvalue weighted by molar-refractivity contribution is -0.122. The number of carbonyl (C=O) groups excluding carboxylic acids is 1. The average molecular weight is 230 g/mol. The summed E-state index contributed by atoms with van der Waals surface area (Å²) in [5, 5.41) is 11.8. The summed E-state index contributed by atoms with van der Waals surface area (Å²) in [4.78, 5) is 12.0. The van der Waals surface area contributed by atoms with E-state index in [1.54, 1.807) is 6.92 Å². The maximum atomic E-state index is 12.0. The minimum atomic E-state index is -0.956. The maximum absolute atomic E-state index is 12.0. The van der Waals surface area contributed by atoms with Gasteiger partial charge in [-0.15, -0.1) is 0 Å². The molecule has 0 aliphatic heterocycles. The lowest BCUT2D eigenvalue weighted by atomic mass is 9.88. The van der Waals surface area contributed by atoms with Gasteiger partial charge in [-0.1, -0.05) is 26.0 Å². The Bertz CT molecular complexity index is 448. The monoisotopic (exact) mass is 230 g/mol. The Hall–Kier alpha value is -1.82. The van der Waals surface area contributed by atoms with Crippen molar-refractivity contribution in [1.29, 1.82) is 5.26 Å². The second kappa shape index (κ2) is 5.49. The van der Waals surface area contributed by atoms with Crippen molar-refractivity contribution in [2.75, 3.05) is 5.32 Å². The third kappa shape index (κ3) is 3.07. The van der Waals surface area contributed by atoms with Crippen LogP contribution in [0.3, 0.4) is 0 Å². The number of nitriles is 1. The van der Waals surface area contributed by atoms with E-state index in [4.69, 9.17) is 5.26 Å². The topological polar surface area (TPSA) is 52.9 Å². The first-order valence-corrected chi connectivity index (χ1v) is 5.87. The van der Waals surface area contributed by atoms with Gasteiger partial charge in [0.25, 0.3) is 0 Å². The molecule has 1 aromatic carbocycles. The van der Waals surface area contributed by atoms with Gasteiger partial charge in [-0.05, 0) is 37.5 Å². The van der Waals surface area contributed by atoms with Crippen LogP contribution in [0.4, 0.5) is 5.69 Å². The van der Waals surface area contributed by atoms with Gasteiger partial charge in [-0.3, -0.25) is 4.79 Å². The first kappa shape index (κ1) is 13.2. The highest BCUT2D eigenvalue weighted by atomic mass is 16.2. The average Bonchev–Trinajstić information content (AvgIpc) is 2.37. The second-order valence-corrected chi connectivity index (χ2v) is 4.31. The second-order valence-electron chi connectivity index (χ2n) is 4.31. The van der Waals surface area contributed by atoms with Gasteiger partial charge in [-0.25, -0.2) is 0 Å². The van der Waals surface area contributed by atoms with E-state index < -0.39 is 5.41 Å². The molecule has 1 atom stereocenters. The van der Waals surface area contributed by atoms with Crippen molar-refractivity contribution in [3.8, 4) is 6.07 Å². The molecule has 3 heteroatoms. The highest BCUT2D eigenvalue weighted by Crippen LogP contribution is 2.22. The highest BCUT2D eigenvalue weighted by molar-refractivity contribution is 5.96. The molecular weight excluding hydrogens is 212 g/mol. The van der Waals surface area contributed by atoms with Crippen molar-refractivity contribution in [2.24, 2.45) is 5.41 Å².